The van der Waals surface area contributed by atoms with Gasteiger partial charge in [-0.1, -0.05) is 0 Å². The molecule has 6 rings (SSSR count). The van der Waals surface area contributed by atoms with E-state index in [1.165, 1.54) is 17.6 Å². The van der Waals surface area contributed by atoms with Crippen molar-refractivity contribution in [3.63, 3.8) is 0 Å². The van der Waals surface area contributed by atoms with Gasteiger partial charge in [0.1, 0.15) is 5.56 Å². The fourth-order valence-electron chi connectivity index (χ4n) is 5.21. The van der Waals surface area contributed by atoms with E-state index in [1.807, 2.05) is 13.0 Å². The number of anilines is 1. The lowest BCUT2D eigenvalue weighted by Gasteiger charge is -2.26. The molecule has 0 bridgehead atoms. The standard InChI is InChI=1S/C25H29N7O4S/c1-13(14-6-7-14)31-12-16-10-15(11-19(20(16)25(31)34)37(35,36)27-2)18-8-9-32-23(29-18)21(22(26)30-32)24(33)28-17-4-3-5-17/h8-11,13-14,17,27H,3-7,12H2,1-2H3,(H2,26,30)(H,28,33). The second-order valence-electron chi connectivity index (χ2n) is 10.2. The van der Waals surface area contributed by atoms with Gasteiger partial charge in [-0.2, -0.15) is 0 Å². The SMILES string of the molecule is CNS(=O)(=O)c1cc(-c2ccn3nc(N)c(C(=O)NC4CCC4)c3n2)cc2c1C(=O)N(C(C)C1CC1)C2. The molecule has 12 heteroatoms. The predicted molar refractivity (Wildman–Crippen MR) is 136 cm³/mol. The summed E-state index contributed by atoms with van der Waals surface area (Å²) in [6, 6.07) is 5.13. The number of nitrogens with one attached hydrogen (secondary N) is 2. The highest BCUT2D eigenvalue weighted by Crippen LogP contribution is 2.40. The van der Waals surface area contributed by atoms with Crippen molar-refractivity contribution in [2.45, 2.75) is 62.6 Å². The van der Waals surface area contributed by atoms with E-state index < -0.39 is 10.0 Å². The fourth-order valence-corrected chi connectivity index (χ4v) is 6.20. The Hall–Kier alpha value is -3.51. The minimum Gasteiger partial charge on any atom is -0.381 e. The maximum absolute atomic E-state index is 13.4. The van der Waals surface area contributed by atoms with E-state index in [1.54, 1.807) is 17.2 Å². The summed E-state index contributed by atoms with van der Waals surface area (Å²) in [5, 5.41) is 7.20. The van der Waals surface area contributed by atoms with Crippen LogP contribution in [0.2, 0.25) is 0 Å². The monoisotopic (exact) mass is 523 g/mol. The molecule has 2 saturated carbocycles. The lowest BCUT2D eigenvalue weighted by Crippen LogP contribution is -2.39. The van der Waals surface area contributed by atoms with Crippen molar-refractivity contribution >= 4 is 33.3 Å². The number of hydrogen-bond acceptors (Lipinski definition) is 7. The van der Waals surface area contributed by atoms with Crippen LogP contribution in [0.25, 0.3) is 16.9 Å². The summed E-state index contributed by atoms with van der Waals surface area (Å²) in [5.41, 5.74) is 8.37. The molecule has 3 aromatic rings. The van der Waals surface area contributed by atoms with Crippen LogP contribution in [-0.4, -0.2) is 58.9 Å². The zero-order valence-corrected chi connectivity index (χ0v) is 21.5. The average molecular weight is 524 g/mol. The highest BCUT2D eigenvalue weighted by Gasteiger charge is 2.41. The second-order valence-corrected chi connectivity index (χ2v) is 12.0. The molecule has 37 heavy (non-hydrogen) atoms. The lowest BCUT2D eigenvalue weighted by molar-refractivity contribution is 0.0694. The molecule has 0 saturated heterocycles. The number of nitrogen functional groups attached to an aromatic ring is 1. The first-order valence-electron chi connectivity index (χ1n) is 12.6. The Labute approximate surface area is 214 Å². The van der Waals surface area contributed by atoms with E-state index in [0.29, 0.717) is 29.3 Å². The molecule has 1 atom stereocenters. The predicted octanol–water partition coefficient (Wildman–Crippen LogP) is 1.92. The van der Waals surface area contributed by atoms with Gasteiger partial charge in [-0.05, 0) is 75.8 Å². The Morgan fingerprint density at radius 2 is 1.97 bits per heavy atom. The third-order valence-electron chi connectivity index (χ3n) is 7.83. The molecule has 2 fully saturated rings. The molecule has 1 aliphatic heterocycles. The van der Waals surface area contributed by atoms with Crippen LogP contribution < -0.4 is 15.8 Å². The first-order valence-corrected chi connectivity index (χ1v) is 14.0. The summed E-state index contributed by atoms with van der Waals surface area (Å²) in [4.78, 5) is 32.7. The maximum Gasteiger partial charge on any atom is 0.259 e. The van der Waals surface area contributed by atoms with E-state index in [2.05, 4.69) is 20.1 Å². The first-order chi connectivity index (χ1) is 17.7. The Kier molecular flexibility index (Phi) is 5.50. The molecule has 2 amide bonds. The molecule has 1 aromatic carbocycles. The molecule has 1 unspecified atom stereocenters. The lowest BCUT2D eigenvalue weighted by atomic mass is 9.93. The topological polar surface area (TPSA) is 152 Å². The van der Waals surface area contributed by atoms with Crippen molar-refractivity contribution in [2.24, 2.45) is 5.92 Å². The Balaban J connectivity index is 1.45. The van der Waals surface area contributed by atoms with Crippen LogP contribution in [0, 0.1) is 5.92 Å². The van der Waals surface area contributed by atoms with Gasteiger partial charge in [-0.15, -0.1) is 5.10 Å². The molecular weight excluding hydrogens is 494 g/mol. The van der Waals surface area contributed by atoms with Crippen LogP contribution in [-0.2, 0) is 16.6 Å². The molecule has 11 nitrogen and oxygen atoms in total. The average Bonchev–Trinajstić information content (AvgIpc) is 3.57. The first kappa shape index (κ1) is 23.9. The number of benzene rings is 1. The summed E-state index contributed by atoms with van der Waals surface area (Å²) >= 11 is 0. The summed E-state index contributed by atoms with van der Waals surface area (Å²) < 4.78 is 29.8. The van der Waals surface area contributed by atoms with Crippen LogP contribution in [0.3, 0.4) is 0 Å². The minimum absolute atomic E-state index is 0.0365. The van der Waals surface area contributed by atoms with E-state index >= 15 is 0 Å². The third kappa shape index (κ3) is 3.95. The summed E-state index contributed by atoms with van der Waals surface area (Å²) in [5.74, 6) is -0.0755. The van der Waals surface area contributed by atoms with Crippen molar-refractivity contribution in [2.75, 3.05) is 12.8 Å². The second kappa shape index (κ2) is 8.52. The zero-order chi connectivity index (χ0) is 26.1. The van der Waals surface area contributed by atoms with Gasteiger partial charge in [0.25, 0.3) is 11.8 Å². The molecular formula is C25H29N7O4S. The van der Waals surface area contributed by atoms with Crippen LogP contribution in [0.15, 0.2) is 29.3 Å². The summed E-state index contributed by atoms with van der Waals surface area (Å²) in [6.07, 6.45) is 6.72. The molecule has 3 aliphatic rings. The van der Waals surface area contributed by atoms with Gasteiger partial charge in [0, 0.05) is 30.4 Å². The van der Waals surface area contributed by atoms with Crippen molar-refractivity contribution in [3.8, 4) is 11.3 Å². The summed E-state index contributed by atoms with van der Waals surface area (Å²) in [7, 11) is -2.61. The van der Waals surface area contributed by atoms with Gasteiger partial charge < -0.3 is 16.0 Å². The van der Waals surface area contributed by atoms with Crippen molar-refractivity contribution in [3.05, 3.63) is 41.1 Å². The van der Waals surface area contributed by atoms with E-state index in [-0.39, 0.29) is 51.4 Å². The highest BCUT2D eigenvalue weighted by atomic mass is 32.2. The quantitative estimate of drug-likeness (QED) is 0.428. The van der Waals surface area contributed by atoms with Gasteiger partial charge in [0.2, 0.25) is 10.0 Å². The Bertz CT molecular complexity index is 1560. The number of nitrogens with zero attached hydrogens (tertiary/aromatic N) is 4. The minimum atomic E-state index is -3.94. The van der Waals surface area contributed by atoms with Crippen LogP contribution >= 0.6 is 0 Å². The van der Waals surface area contributed by atoms with E-state index in [4.69, 9.17) is 5.73 Å². The van der Waals surface area contributed by atoms with E-state index in [0.717, 1.165) is 32.1 Å². The smallest absolute Gasteiger partial charge is 0.259 e. The molecule has 194 valence electrons. The molecule has 2 aromatic heterocycles. The number of rotatable bonds is 7. The van der Waals surface area contributed by atoms with Gasteiger partial charge >= 0.3 is 0 Å². The number of nitrogens with two attached hydrogens (primary N) is 1. The normalized spacial score (nSPS) is 18.6. The number of fused-ring (bicyclic) bond motifs is 2. The van der Waals surface area contributed by atoms with Gasteiger partial charge in [-0.25, -0.2) is 22.6 Å². The molecule has 3 heterocycles. The Morgan fingerprint density at radius 3 is 2.62 bits per heavy atom. The Morgan fingerprint density at radius 1 is 1.22 bits per heavy atom. The number of aromatic nitrogens is 3. The molecule has 0 spiro atoms. The van der Waals surface area contributed by atoms with Gasteiger partial charge in [0.05, 0.1) is 16.2 Å². The third-order valence-corrected chi connectivity index (χ3v) is 9.27. The number of sulfonamides is 1. The van der Waals surface area contributed by atoms with Crippen molar-refractivity contribution < 1.29 is 18.0 Å². The molecule has 4 N–H and O–H groups in total. The fraction of sp³-hybridized carbons (Fsp3) is 0.440. The van der Waals surface area contributed by atoms with Crippen LogP contribution in [0.5, 0.6) is 0 Å². The number of amides is 2. The number of carbonyl (C=O) groups is 2. The number of hydrogen-bond donors (Lipinski definition) is 3. The van der Waals surface area contributed by atoms with Crippen molar-refractivity contribution in [1.82, 2.24) is 29.5 Å². The highest BCUT2D eigenvalue weighted by molar-refractivity contribution is 7.89. The number of carbonyl (C=O) groups excluding carboxylic acids is 2. The van der Waals surface area contributed by atoms with Gasteiger partial charge in [0.15, 0.2) is 11.5 Å². The van der Waals surface area contributed by atoms with Crippen molar-refractivity contribution in [1.29, 1.82) is 0 Å². The van der Waals surface area contributed by atoms with Gasteiger partial charge in [-0.3, -0.25) is 9.59 Å². The largest absolute Gasteiger partial charge is 0.381 e. The zero-order valence-electron chi connectivity index (χ0n) is 20.7. The summed E-state index contributed by atoms with van der Waals surface area (Å²) in [6.45, 7) is 2.35. The maximum atomic E-state index is 13.4. The van der Waals surface area contributed by atoms with Crippen LogP contribution in [0.1, 0.15) is 65.3 Å². The molecule has 0 radical (unpaired) electrons. The van der Waals surface area contributed by atoms with E-state index in [9.17, 15) is 18.0 Å². The van der Waals surface area contributed by atoms with Crippen LogP contribution in [0.4, 0.5) is 5.82 Å². The molecule has 2 aliphatic carbocycles.